The number of allylic oxidation sites excluding steroid dienone is 1. The molecule has 4 nitrogen and oxygen atoms in total. The number of aryl methyl sites for hydroxylation is 1. The highest BCUT2D eigenvalue weighted by molar-refractivity contribution is 6.31. The molecule has 1 heterocycles. The summed E-state index contributed by atoms with van der Waals surface area (Å²) in [6.45, 7) is 5.13. The number of ether oxygens (including phenoxy) is 1. The van der Waals surface area contributed by atoms with Gasteiger partial charge < -0.3 is 4.74 Å². The van der Waals surface area contributed by atoms with Gasteiger partial charge in [-0.05, 0) is 44.5 Å². The van der Waals surface area contributed by atoms with Crippen LogP contribution in [0.1, 0.15) is 37.8 Å². The SMILES string of the molecule is CC(=O)C/C=C/C[C@@]1(C)OC(c2cc(C)cc(Cl)c2)=NC1=O. The fourth-order valence-electron chi connectivity index (χ4n) is 2.16. The van der Waals surface area contributed by atoms with Crippen molar-refractivity contribution in [3.8, 4) is 0 Å². The highest BCUT2D eigenvalue weighted by Crippen LogP contribution is 2.28. The van der Waals surface area contributed by atoms with Gasteiger partial charge in [0, 0.05) is 23.4 Å². The van der Waals surface area contributed by atoms with Gasteiger partial charge in [-0.2, -0.15) is 4.99 Å². The van der Waals surface area contributed by atoms with Gasteiger partial charge in [0.25, 0.3) is 5.91 Å². The minimum Gasteiger partial charge on any atom is -0.460 e. The third-order valence-corrected chi connectivity index (χ3v) is 3.56. The van der Waals surface area contributed by atoms with Crippen LogP contribution < -0.4 is 0 Å². The molecule has 1 aromatic carbocycles. The van der Waals surface area contributed by atoms with Crippen LogP contribution in [0.5, 0.6) is 0 Å². The smallest absolute Gasteiger partial charge is 0.293 e. The summed E-state index contributed by atoms with van der Waals surface area (Å²) in [4.78, 5) is 27.0. The van der Waals surface area contributed by atoms with E-state index in [9.17, 15) is 9.59 Å². The molecular weight excluding hydrogens is 302 g/mol. The van der Waals surface area contributed by atoms with E-state index in [1.807, 2.05) is 19.1 Å². The predicted octanol–water partition coefficient (Wildman–Crippen LogP) is 3.64. The van der Waals surface area contributed by atoms with Gasteiger partial charge in [-0.15, -0.1) is 0 Å². The van der Waals surface area contributed by atoms with Crippen molar-refractivity contribution in [2.45, 2.75) is 39.2 Å². The van der Waals surface area contributed by atoms with Gasteiger partial charge >= 0.3 is 0 Å². The second kappa shape index (κ2) is 6.44. The van der Waals surface area contributed by atoms with E-state index in [0.717, 1.165) is 5.56 Å². The maximum atomic E-state index is 12.1. The summed E-state index contributed by atoms with van der Waals surface area (Å²) >= 11 is 6.03. The van der Waals surface area contributed by atoms with Crippen LogP contribution in [0.3, 0.4) is 0 Å². The molecule has 0 spiro atoms. The third-order valence-electron chi connectivity index (χ3n) is 3.35. The number of rotatable bonds is 5. The van der Waals surface area contributed by atoms with Crippen molar-refractivity contribution < 1.29 is 14.3 Å². The summed E-state index contributed by atoms with van der Waals surface area (Å²) in [6, 6.07) is 5.42. The molecular formula is C17H18ClNO3. The molecule has 1 amide bonds. The minimum atomic E-state index is -1.03. The predicted molar refractivity (Wildman–Crippen MR) is 86.3 cm³/mol. The number of hydrogen-bond donors (Lipinski definition) is 0. The number of benzene rings is 1. The Hall–Kier alpha value is -1.94. The molecule has 0 fully saturated rings. The number of amides is 1. The normalized spacial score (nSPS) is 21.1. The van der Waals surface area contributed by atoms with Gasteiger partial charge in [-0.3, -0.25) is 9.59 Å². The molecule has 1 atom stereocenters. The van der Waals surface area contributed by atoms with E-state index < -0.39 is 5.60 Å². The van der Waals surface area contributed by atoms with Crippen LogP contribution in [0.25, 0.3) is 0 Å². The summed E-state index contributed by atoms with van der Waals surface area (Å²) in [5, 5.41) is 0.573. The number of carbonyl (C=O) groups is 2. The van der Waals surface area contributed by atoms with Crippen molar-refractivity contribution >= 4 is 29.2 Å². The topological polar surface area (TPSA) is 55.7 Å². The average molecular weight is 320 g/mol. The van der Waals surface area contributed by atoms with E-state index in [1.54, 1.807) is 25.1 Å². The summed E-state index contributed by atoms with van der Waals surface area (Å²) < 4.78 is 5.77. The highest BCUT2D eigenvalue weighted by atomic mass is 35.5. The third kappa shape index (κ3) is 3.83. The van der Waals surface area contributed by atoms with Crippen LogP contribution in [-0.2, 0) is 14.3 Å². The zero-order valence-electron chi connectivity index (χ0n) is 12.9. The molecule has 1 aliphatic rings. The van der Waals surface area contributed by atoms with Crippen LogP contribution in [0.4, 0.5) is 0 Å². The Balaban J connectivity index is 2.12. The fraction of sp³-hybridized carbons (Fsp3) is 0.353. The van der Waals surface area contributed by atoms with Crippen molar-refractivity contribution in [2.24, 2.45) is 4.99 Å². The van der Waals surface area contributed by atoms with E-state index in [-0.39, 0.29) is 17.6 Å². The van der Waals surface area contributed by atoms with E-state index >= 15 is 0 Å². The molecule has 22 heavy (non-hydrogen) atoms. The first-order chi connectivity index (χ1) is 10.3. The molecule has 0 saturated heterocycles. The van der Waals surface area contributed by atoms with Gasteiger partial charge in [0.15, 0.2) is 5.60 Å². The number of hydrogen-bond acceptors (Lipinski definition) is 3. The van der Waals surface area contributed by atoms with E-state index in [1.165, 1.54) is 6.92 Å². The Morgan fingerprint density at radius 1 is 1.36 bits per heavy atom. The first-order valence-electron chi connectivity index (χ1n) is 7.04. The Kier molecular flexibility index (Phi) is 4.81. The molecule has 0 unspecified atom stereocenters. The van der Waals surface area contributed by atoms with E-state index in [4.69, 9.17) is 16.3 Å². The standard InChI is InChI=1S/C17H18ClNO3/c1-11-8-13(10-14(18)9-11)15-19-16(21)17(3,22-15)7-5-4-6-12(2)20/h4-5,8-10H,6-7H2,1-3H3/b5-4+/t17-/m1/s1. The maximum absolute atomic E-state index is 12.1. The lowest BCUT2D eigenvalue weighted by atomic mass is 10.0. The van der Waals surface area contributed by atoms with Crippen molar-refractivity contribution in [1.29, 1.82) is 0 Å². The first kappa shape index (κ1) is 16.4. The lowest BCUT2D eigenvalue weighted by molar-refractivity contribution is -0.129. The van der Waals surface area contributed by atoms with Crippen molar-refractivity contribution in [1.82, 2.24) is 0 Å². The average Bonchev–Trinajstić information content (AvgIpc) is 2.70. The van der Waals surface area contributed by atoms with Gasteiger partial charge in [-0.25, -0.2) is 0 Å². The minimum absolute atomic E-state index is 0.0754. The van der Waals surface area contributed by atoms with Crippen molar-refractivity contribution in [3.05, 3.63) is 46.5 Å². The van der Waals surface area contributed by atoms with Crippen molar-refractivity contribution in [3.63, 3.8) is 0 Å². The lowest BCUT2D eigenvalue weighted by Crippen LogP contribution is -2.33. The number of halogens is 1. The molecule has 0 saturated carbocycles. The van der Waals surface area contributed by atoms with Gasteiger partial charge in [-0.1, -0.05) is 23.8 Å². The summed E-state index contributed by atoms with van der Waals surface area (Å²) in [6.07, 6.45) is 4.24. The molecule has 5 heteroatoms. The van der Waals surface area contributed by atoms with Crippen molar-refractivity contribution in [2.75, 3.05) is 0 Å². The largest absolute Gasteiger partial charge is 0.460 e. The molecule has 2 rings (SSSR count). The zero-order valence-corrected chi connectivity index (χ0v) is 13.6. The monoisotopic (exact) mass is 319 g/mol. The summed E-state index contributed by atoms with van der Waals surface area (Å²) in [7, 11) is 0. The Bertz CT molecular complexity index is 658. The Morgan fingerprint density at radius 2 is 2.09 bits per heavy atom. The molecule has 0 N–H and O–H groups in total. The van der Waals surface area contributed by atoms with Crippen LogP contribution in [0.15, 0.2) is 35.3 Å². The second-order valence-electron chi connectivity index (χ2n) is 5.65. The molecule has 0 aromatic heterocycles. The zero-order chi connectivity index (χ0) is 16.3. The molecule has 0 radical (unpaired) electrons. The molecule has 1 aromatic rings. The fourth-order valence-corrected chi connectivity index (χ4v) is 2.45. The molecule has 0 bridgehead atoms. The lowest BCUT2D eigenvalue weighted by Gasteiger charge is -2.20. The van der Waals surface area contributed by atoms with Crippen LogP contribution in [0.2, 0.25) is 5.02 Å². The number of Topliss-reactive ketones (excluding diaryl/α,β-unsaturated/α-hetero) is 1. The number of nitrogens with zero attached hydrogens (tertiary/aromatic N) is 1. The van der Waals surface area contributed by atoms with Gasteiger partial charge in [0.05, 0.1) is 0 Å². The maximum Gasteiger partial charge on any atom is 0.293 e. The number of ketones is 1. The van der Waals surface area contributed by atoms with E-state index in [2.05, 4.69) is 4.99 Å². The summed E-state index contributed by atoms with van der Waals surface area (Å²) in [5.74, 6) is 0.0390. The van der Waals surface area contributed by atoms with Gasteiger partial charge in [0.2, 0.25) is 5.90 Å². The van der Waals surface area contributed by atoms with Crippen LogP contribution >= 0.6 is 11.6 Å². The molecule has 0 aliphatic carbocycles. The molecule has 116 valence electrons. The molecule has 1 aliphatic heterocycles. The van der Waals surface area contributed by atoms with Gasteiger partial charge in [0.1, 0.15) is 5.78 Å². The summed E-state index contributed by atoms with van der Waals surface area (Å²) in [5.41, 5.74) is 0.629. The highest BCUT2D eigenvalue weighted by Gasteiger charge is 2.41. The van der Waals surface area contributed by atoms with E-state index in [0.29, 0.717) is 23.4 Å². The number of aliphatic imine (C=N–C) groups is 1. The van der Waals surface area contributed by atoms with Crippen LogP contribution in [0, 0.1) is 6.92 Å². The quantitative estimate of drug-likeness (QED) is 0.779. The number of carbonyl (C=O) groups excluding carboxylic acids is 2. The first-order valence-corrected chi connectivity index (χ1v) is 7.42. The Labute approximate surface area is 134 Å². The Morgan fingerprint density at radius 3 is 2.73 bits per heavy atom. The van der Waals surface area contributed by atoms with Crippen LogP contribution in [-0.4, -0.2) is 23.2 Å². The second-order valence-corrected chi connectivity index (χ2v) is 6.09.